The van der Waals surface area contributed by atoms with Gasteiger partial charge in [-0.3, -0.25) is 4.79 Å². The van der Waals surface area contributed by atoms with Crippen molar-refractivity contribution in [3.63, 3.8) is 0 Å². The monoisotopic (exact) mass is 262 g/mol. The van der Waals surface area contributed by atoms with Crippen LogP contribution >= 0.6 is 0 Å². The Kier molecular flexibility index (Phi) is 7.23. The van der Waals surface area contributed by atoms with Crippen LogP contribution in [0.15, 0.2) is 12.3 Å². The molecule has 1 saturated carbocycles. The van der Waals surface area contributed by atoms with Gasteiger partial charge < -0.3 is 28.6 Å². The Hall–Kier alpha value is -0.740. The molecule has 1 atom stereocenters. The van der Waals surface area contributed by atoms with Gasteiger partial charge in [0.15, 0.2) is 0 Å². The number of halogens is 1. The summed E-state index contributed by atoms with van der Waals surface area (Å²) >= 11 is 0. The molecule has 1 rings (SSSR count). The highest BCUT2D eigenvalue weighted by Crippen LogP contribution is 2.27. The van der Waals surface area contributed by atoms with Crippen LogP contribution in [0.25, 0.3) is 0 Å². The summed E-state index contributed by atoms with van der Waals surface area (Å²) in [5.41, 5.74) is 4.98. The molecular formula is C12H23ClN2O2. The van der Waals surface area contributed by atoms with E-state index in [1.165, 1.54) is 0 Å². The van der Waals surface area contributed by atoms with Crippen LogP contribution in [0, 0.1) is 5.92 Å². The summed E-state index contributed by atoms with van der Waals surface area (Å²) in [5, 5.41) is 12.1. The van der Waals surface area contributed by atoms with Gasteiger partial charge in [-0.2, -0.15) is 0 Å². The molecule has 0 saturated heterocycles. The Bertz CT molecular complexity index is 263. The number of allylic oxidation sites excluding steroid dienone is 1. The van der Waals surface area contributed by atoms with Crippen molar-refractivity contribution in [2.45, 2.75) is 51.1 Å². The van der Waals surface area contributed by atoms with Crippen LogP contribution < -0.4 is 23.5 Å². The van der Waals surface area contributed by atoms with Crippen molar-refractivity contribution < 1.29 is 28.0 Å². The smallest absolute Gasteiger partial charge is 0.309 e. The van der Waals surface area contributed by atoms with E-state index in [4.69, 9.17) is 5.11 Å². The number of quaternary nitrogens is 1. The molecule has 17 heavy (non-hydrogen) atoms. The van der Waals surface area contributed by atoms with E-state index in [1.54, 1.807) is 0 Å². The van der Waals surface area contributed by atoms with Gasteiger partial charge in [-0.15, -0.1) is 0 Å². The van der Waals surface area contributed by atoms with E-state index < -0.39 is 5.97 Å². The summed E-state index contributed by atoms with van der Waals surface area (Å²) in [6.07, 6.45) is 4.55. The minimum Gasteiger partial charge on any atom is -1.00 e. The summed E-state index contributed by atoms with van der Waals surface area (Å²) in [5.74, 6) is -0.263. The van der Waals surface area contributed by atoms with E-state index in [1.807, 2.05) is 6.92 Å². The number of hydrogen-bond donors (Lipinski definition) is 3. The minimum absolute atomic E-state index is 0. The van der Waals surface area contributed by atoms with Crippen molar-refractivity contribution in [2.75, 3.05) is 0 Å². The predicted molar refractivity (Wildman–Crippen MR) is 62.6 cm³/mol. The normalized spacial score (nSPS) is 25.5. The van der Waals surface area contributed by atoms with Gasteiger partial charge in [-0.05, 0) is 32.6 Å². The quantitative estimate of drug-likeness (QED) is 0.524. The fourth-order valence-electron chi connectivity index (χ4n) is 2.47. The lowest BCUT2D eigenvalue weighted by molar-refractivity contribution is -0.434. The molecule has 1 aliphatic carbocycles. The summed E-state index contributed by atoms with van der Waals surface area (Å²) in [7, 11) is 0. The van der Waals surface area contributed by atoms with Crippen LogP contribution in [0.3, 0.4) is 0 Å². The SMILES string of the molecule is C=C(C)NC1CCC(C([NH3+])CC(=O)O)CC1.[Cl-]. The average molecular weight is 263 g/mol. The Morgan fingerprint density at radius 3 is 2.41 bits per heavy atom. The van der Waals surface area contributed by atoms with Gasteiger partial charge in [-0.1, -0.05) is 6.58 Å². The maximum atomic E-state index is 10.6. The zero-order valence-electron chi connectivity index (χ0n) is 10.4. The number of carboxylic acids is 1. The third-order valence-electron chi connectivity index (χ3n) is 3.33. The number of nitrogens with one attached hydrogen (secondary N) is 1. The lowest BCUT2D eigenvalue weighted by atomic mass is 9.81. The van der Waals surface area contributed by atoms with E-state index in [0.717, 1.165) is 31.4 Å². The molecule has 0 radical (unpaired) electrons. The van der Waals surface area contributed by atoms with E-state index in [-0.39, 0.29) is 24.9 Å². The van der Waals surface area contributed by atoms with Gasteiger partial charge in [0, 0.05) is 17.7 Å². The molecule has 1 fully saturated rings. The third-order valence-corrected chi connectivity index (χ3v) is 3.33. The van der Waals surface area contributed by atoms with Crippen molar-refractivity contribution in [1.29, 1.82) is 0 Å². The number of aliphatic carboxylic acids is 1. The molecule has 0 heterocycles. The van der Waals surface area contributed by atoms with E-state index in [2.05, 4.69) is 17.6 Å². The molecule has 0 aromatic rings. The zero-order valence-corrected chi connectivity index (χ0v) is 11.2. The van der Waals surface area contributed by atoms with Crippen LogP contribution in [-0.2, 0) is 4.79 Å². The van der Waals surface area contributed by atoms with Crippen LogP contribution in [0.1, 0.15) is 39.0 Å². The van der Waals surface area contributed by atoms with Gasteiger partial charge in [0.2, 0.25) is 0 Å². The second kappa shape index (κ2) is 7.56. The average Bonchev–Trinajstić information content (AvgIpc) is 2.16. The molecule has 0 aromatic carbocycles. The first-order chi connectivity index (χ1) is 7.49. The Morgan fingerprint density at radius 1 is 1.47 bits per heavy atom. The molecule has 5 N–H and O–H groups in total. The second-order valence-electron chi connectivity index (χ2n) is 4.89. The van der Waals surface area contributed by atoms with Crippen LogP contribution in [0.4, 0.5) is 0 Å². The first-order valence-electron chi connectivity index (χ1n) is 5.96. The molecule has 0 aromatic heterocycles. The van der Waals surface area contributed by atoms with Crippen molar-refractivity contribution in [3.05, 3.63) is 12.3 Å². The molecule has 4 nitrogen and oxygen atoms in total. The molecule has 0 amide bonds. The first kappa shape index (κ1) is 16.3. The Morgan fingerprint density at radius 2 is 2.00 bits per heavy atom. The molecule has 0 aliphatic heterocycles. The number of hydrogen-bond acceptors (Lipinski definition) is 2. The molecule has 100 valence electrons. The molecule has 1 unspecified atom stereocenters. The van der Waals surface area contributed by atoms with Crippen molar-refractivity contribution in [2.24, 2.45) is 5.92 Å². The third kappa shape index (κ3) is 5.94. The van der Waals surface area contributed by atoms with Crippen LogP contribution in [0.2, 0.25) is 0 Å². The highest BCUT2D eigenvalue weighted by atomic mass is 35.5. The van der Waals surface area contributed by atoms with Crippen LogP contribution in [0.5, 0.6) is 0 Å². The zero-order chi connectivity index (χ0) is 12.1. The maximum absolute atomic E-state index is 10.6. The summed E-state index contributed by atoms with van der Waals surface area (Å²) in [4.78, 5) is 10.6. The maximum Gasteiger partial charge on any atom is 0.309 e. The van der Waals surface area contributed by atoms with Gasteiger partial charge >= 0.3 is 5.97 Å². The highest BCUT2D eigenvalue weighted by Gasteiger charge is 2.28. The highest BCUT2D eigenvalue weighted by molar-refractivity contribution is 5.67. The standard InChI is InChI=1S/C12H22N2O2.ClH/c1-8(2)14-10-5-3-9(4-6-10)11(13)7-12(15)16;/h9-11,14H,1,3-7,13H2,2H3,(H,15,16);1H. The summed E-state index contributed by atoms with van der Waals surface area (Å²) in [6.45, 7) is 5.81. The summed E-state index contributed by atoms with van der Waals surface area (Å²) in [6, 6.07) is 0.578. The molecule has 5 heteroatoms. The van der Waals surface area contributed by atoms with Crippen molar-refractivity contribution >= 4 is 5.97 Å². The van der Waals surface area contributed by atoms with Gasteiger partial charge in [0.05, 0.1) is 12.5 Å². The van der Waals surface area contributed by atoms with E-state index >= 15 is 0 Å². The largest absolute Gasteiger partial charge is 1.00 e. The Balaban J connectivity index is 0.00000256. The van der Waals surface area contributed by atoms with Crippen LogP contribution in [-0.4, -0.2) is 23.2 Å². The van der Waals surface area contributed by atoms with Crippen molar-refractivity contribution in [3.8, 4) is 0 Å². The van der Waals surface area contributed by atoms with E-state index in [9.17, 15) is 4.79 Å². The molecule has 0 spiro atoms. The molecular weight excluding hydrogens is 240 g/mol. The topological polar surface area (TPSA) is 77.0 Å². The Labute approximate surface area is 109 Å². The fraction of sp³-hybridized carbons (Fsp3) is 0.750. The molecule has 1 aliphatic rings. The number of rotatable bonds is 5. The van der Waals surface area contributed by atoms with Crippen molar-refractivity contribution in [1.82, 2.24) is 5.32 Å². The first-order valence-corrected chi connectivity index (χ1v) is 5.96. The molecule has 0 bridgehead atoms. The minimum atomic E-state index is -0.734. The lowest BCUT2D eigenvalue weighted by Crippen LogP contribution is -3.00. The number of carbonyl (C=O) groups is 1. The second-order valence-corrected chi connectivity index (χ2v) is 4.89. The fourth-order valence-corrected chi connectivity index (χ4v) is 2.47. The predicted octanol–water partition coefficient (Wildman–Crippen LogP) is -2.24. The summed E-state index contributed by atoms with van der Waals surface area (Å²) < 4.78 is 0. The lowest BCUT2D eigenvalue weighted by Gasteiger charge is -2.31. The van der Waals surface area contributed by atoms with Gasteiger partial charge in [0.1, 0.15) is 0 Å². The van der Waals surface area contributed by atoms with Gasteiger partial charge in [-0.25, -0.2) is 0 Å². The van der Waals surface area contributed by atoms with E-state index in [0.29, 0.717) is 12.0 Å². The van der Waals surface area contributed by atoms with Gasteiger partial charge in [0.25, 0.3) is 0 Å². The number of carboxylic acid groups (broad SMARTS) is 1.